The van der Waals surface area contributed by atoms with Crippen molar-refractivity contribution in [3.63, 3.8) is 0 Å². The summed E-state index contributed by atoms with van der Waals surface area (Å²) in [6.07, 6.45) is 9.65. The summed E-state index contributed by atoms with van der Waals surface area (Å²) < 4.78 is 0. The van der Waals surface area contributed by atoms with Crippen LogP contribution in [0.3, 0.4) is 0 Å². The third-order valence-corrected chi connectivity index (χ3v) is 4.87. The van der Waals surface area contributed by atoms with E-state index in [0.717, 1.165) is 29.0 Å². The molecule has 0 spiro atoms. The average molecular weight is 351 g/mol. The first kappa shape index (κ1) is 17.1. The minimum atomic E-state index is -0.130. The van der Waals surface area contributed by atoms with Crippen LogP contribution in [0.2, 0.25) is 0 Å². The van der Waals surface area contributed by atoms with E-state index in [4.69, 9.17) is 4.99 Å². The maximum absolute atomic E-state index is 9.24. The number of hydrogen-bond donors (Lipinski definition) is 1. The maximum atomic E-state index is 9.24. The van der Waals surface area contributed by atoms with Gasteiger partial charge in [-0.15, -0.1) is 0 Å². The van der Waals surface area contributed by atoms with Gasteiger partial charge in [-0.1, -0.05) is 67.6 Å². The first-order valence-electron chi connectivity index (χ1n) is 9.23. The number of hydrogen-bond acceptors (Lipinski definition) is 3. The maximum Gasteiger partial charge on any atom is 0.145 e. The average Bonchev–Trinajstić information content (AvgIpc) is 2.74. The van der Waals surface area contributed by atoms with E-state index in [0.29, 0.717) is 11.5 Å². The van der Waals surface area contributed by atoms with Gasteiger partial charge in [0.05, 0.1) is 17.3 Å². The van der Waals surface area contributed by atoms with Gasteiger partial charge >= 0.3 is 0 Å². The van der Waals surface area contributed by atoms with Gasteiger partial charge in [-0.3, -0.25) is 4.99 Å². The van der Waals surface area contributed by atoms with E-state index in [1.165, 1.54) is 5.57 Å². The zero-order valence-corrected chi connectivity index (χ0v) is 15.3. The van der Waals surface area contributed by atoms with Crippen molar-refractivity contribution >= 4 is 11.4 Å². The lowest BCUT2D eigenvalue weighted by molar-refractivity contribution is 0.677. The molecule has 0 saturated carbocycles. The summed E-state index contributed by atoms with van der Waals surface area (Å²) in [4.78, 5) is 4.96. The topological polar surface area (TPSA) is 48.2 Å². The van der Waals surface area contributed by atoms with Crippen molar-refractivity contribution in [2.24, 2.45) is 10.9 Å². The smallest absolute Gasteiger partial charge is 0.145 e. The molecule has 1 N–H and O–H groups in total. The fourth-order valence-electron chi connectivity index (χ4n) is 3.33. The molecule has 0 radical (unpaired) electrons. The number of rotatable bonds is 3. The molecule has 1 heterocycles. The van der Waals surface area contributed by atoms with Crippen molar-refractivity contribution in [1.82, 2.24) is 5.32 Å². The van der Waals surface area contributed by atoms with Crippen LogP contribution < -0.4 is 5.32 Å². The van der Waals surface area contributed by atoms with Gasteiger partial charge in [-0.25, -0.2) is 0 Å². The highest BCUT2D eigenvalue weighted by atomic mass is 15.1. The highest BCUT2D eigenvalue weighted by Gasteiger charge is 2.21. The molecule has 3 nitrogen and oxygen atoms in total. The van der Waals surface area contributed by atoms with Crippen LogP contribution in [-0.4, -0.2) is 11.9 Å². The molecule has 27 heavy (non-hydrogen) atoms. The summed E-state index contributed by atoms with van der Waals surface area (Å²) in [6, 6.07) is 20.1. The fourth-order valence-corrected chi connectivity index (χ4v) is 3.33. The normalized spacial score (nSPS) is 21.4. The molecular formula is C24H21N3. The molecule has 0 amide bonds. The van der Waals surface area contributed by atoms with E-state index in [1.54, 1.807) is 0 Å². The fraction of sp³-hybridized carbons (Fsp3) is 0.167. The summed E-state index contributed by atoms with van der Waals surface area (Å²) >= 11 is 0. The Balaban J connectivity index is 1.75. The molecule has 3 heteroatoms. The highest BCUT2D eigenvalue weighted by molar-refractivity contribution is 6.13. The molecule has 2 aromatic rings. The van der Waals surface area contributed by atoms with E-state index in [9.17, 15) is 5.26 Å². The molecule has 1 aliphatic carbocycles. The van der Waals surface area contributed by atoms with Gasteiger partial charge in [0.1, 0.15) is 6.17 Å². The van der Waals surface area contributed by atoms with Crippen LogP contribution in [0.4, 0.5) is 0 Å². The minimum Gasteiger partial charge on any atom is -0.360 e. The van der Waals surface area contributed by atoms with Crippen LogP contribution in [-0.2, 0) is 0 Å². The largest absolute Gasteiger partial charge is 0.360 e. The number of benzene rings is 2. The molecule has 132 valence electrons. The van der Waals surface area contributed by atoms with Crippen LogP contribution in [0.1, 0.15) is 30.0 Å². The SMILES string of the molecule is C[C@H]1C=CC(C2N=C(c3ccccc3)C=C(c3cccc(C#N)c3)N2)=CC1. The van der Waals surface area contributed by atoms with Gasteiger partial charge in [0.15, 0.2) is 0 Å². The lowest BCUT2D eigenvalue weighted by Gasteiger charge is -2.27. The second-order valence-electron chi connectivity index (χ2n) is 6.95. The van der Waals surface area contributed by atoms with Crippen molar-refractivity contribution in [3.05, 3.63) is 101 Å². The van der Waals surface area contributed by atoms with E-state index in [-0.39, 0.29) is 6.17 Å². The molecule has 0 fully saturated rings. The zero-order valence-electron chi connectivity index (χ0n) is 15.3. The van der Waals surface area contributed by atoms with Gasteiger partial charge in [0.2, 0.25) is 0 Å². The predicted molar refractivity (Wildman–Crippen MR) is 110 cm³/mol. The van der Waals surface area contributed by atoms with Crippen molar-refractivity contribution in [3.8, 4) is 6.07 Å². The summed E-state index contributed by atoms with van der Waals surface area (Å²) in [7, 11) is 0. The lowest BCUT2D eigenvalue weighted by Crippen LogP contribution is -2.33. The third kappa shape index (κ3) is 3.75. The van der Waals surface area contributed by atoms with Gasteiger partial charge in [0, 0.05) is 5.70 Å². The van der Waals surface area contributed by atoms with Crippen LogP contribution in [0.25, 0.3) is 5.70 Å². The van der Waals surface area contributed by atoms with E-state index >= 15 is 0 Å². The Kier molecular flexibility index (Phi) is 4.72. The van der Waals surface area contributed by atoms with Crippen molar-refractivity contribution in [2.45, 2.75) is 19.5 Å². The zero-order chi connectivity index (χ0) is 18.6. The molecule has 2 aromatic carbocycles. The Morgan fingerprint density at radius 3 is 2.63 bits per heavy atom. The summed E-state index contributed by atoms with van der Waals surface area (Å²) in [5.41, 5.74) is 5.86. The number of nitrogens with one attached hydrogen (secondary N) is 1. The lowest BCUT2D eigenvalue weighted by atomic mass is 9.95. The van der Waals surface area contributed by atoms with Crippen molar-refractivity contribution < 1.29 is 0 Å². The Bertz CT molecular complexity index is 1000. The number of aliphatic imine (C=N–C) groups is 1. The van der Waals surface area contributed by atoms with Gasteiger partial charge in [-0.2, -0.15) is 5.26 Å². The third-order valence-electron chi connectivity index (χ3n) is 4.87. The molecule has 1 unspecified atom stereocenters. The second kappa shape index (κ2) is 7.47. The Labute approximate surface area is 160 Å². The van der Waals surface area contributed by atoms with Crippen LogP contribution in [0, 0.1) is 17.2 Å². The van der Waals surface area contributed by atoms with Crippen molar-refractivity contribution in [2.75, 3.05) is 0 Å². The monoisotopic (exact) mass is 351 g/mol. The predicted octanol–water partition coefficient (Wildman–Crippen LogP) is 4.84. The van der Waals surface area contributed by atoms with E-state index < -0.39 is 0 Å². The molecule has 0 bridgehead atoms. The quantitative estimate of drug-likeness (QED) is 0.860. The summed E-state index contributed by atoms with van der Waals surface area (Å²) in [5.74, 6) is 0.567. The van der Waals surface area contributed by atoms with Gasteiger partial charge in [0.25, 0.3) is 0 Å². The highest BCUT2D eigenvalue weighted by Crippen LogP contribution is 2.25. The number of nitrogens with zero attached hydrogens (tertiary/aromatic N) is 2. The first-order valence-corrected chi connectivity index (χ1v) is 9.23. The molecule has 2 atom stereocenters. The van der Waals surface area contributed by atoms with Gasteiger partial charge in [-0.05, 0) is 47.2 Å². The molecule has 0 saturated heterocycles. The second-order valence-corrected chi connectivity index (χ2v) is 6.95. The van der Waals surface area contributed by atoms with E-state index in [1.807, 2.05) is 42.5 Å². The molecule has 0 aromatic heterocycles. The number of nitriles is 1. The summed E-state index contributed by atoms with van der Waals surface area (Å²) in [5, 5.41) is 12.8. The van der Waals surface area contributed by atoms with Crippen LogP contribution >= 0.6 is 0 Å². The summed E-state index contributed by atoms with van der Waals surface area (Å²) in [6.45, 7) is 2.22. The molecule has 4 rings (SSSR count). The Hall–Kier alpha value is -3.38. The Morgan fingerprint density at radius 2 is 1.89 bits per heavy atom. The van der Waals surface area contributed by atoms with E-state index in [2.05, 4.69) is 54.7 Å². The van der Waals surface area contributed by atoms with Gasteiger partial charge < -0.3 is 5.32 Å². The van der Waals surface area contributed by atoms with Crippen molar-refractivity contribution in [1.29, 1.82) is 5.26 Å². The Morgan fingerprint density at radius 1 is 1.07 bits per heavy atom. The van der Waals surface area contributed by atoms with Crippen LogP contribution in [0.15, 0.2) is 89.5 Å². The first-order chi connectivity index (χ1) is 13.2. The minimum absolute atomic E-state index is 0.130. The molecular weight excluding hydrogens is 330 g/mol. The molecule has 1 aliphatic heterocycles. The molecule has 2 aliphatic rings. The number of allylic oxidation sites excluding steroid dienone is 3. The van der Waals surface area contributed by atoms with Crippen LogP contribution in [0.5, 0.6) is 0 Å². The standard InChI is InChI=1S/C24H21N3/c1-17-10-12-20(13-11-17)24-26-22(19-7-3-2-4-8-19)15-23(27-24)21-9-5-6-18(14-21)16-25/h2-10,12-15,17,24,27H,11H2,1H3/t17-,24?/m0/s1.